The molecule has 2 aromatic carbocycles. The number of ether oxygens (including phenoxy) is 2. The third-order valence-corrected chi connectivity index (χ3v) is 6.48. The first-order valence-corrected chi connectivity index (χ1v) is 11.7. The van der Waals surface area contributed by atoms with Crippen molar-refractivity contribution in [2.75, 3.05) is 19.8 Å². The average Bonchev–Trinajstić information content (AvgIpc) is 3.39. The normalized spacial score (nSPS) is 20.0. The predicted molar refractivity (Wildman–Crippen MR) is 126 cm³/mol. The van der Waals surface area contributed by atoms with Gasteiger partial charge < -0.3 is 18.8 Å². The molecule has 6 nitrogen and oxygen atoms in total. The number of hydrogen-bond donors (Lipinski definition) is 0. The van der Waals surface area contributed by atoms with Crippen LogP contribution in [0.5, 0.6) is 5.75 Å². The van der Waals surface area contributed by atoms with Gasteiger partial charge in [0.05, 0.1) is 29.7 Å². The minimum absolute atomic E-state index is 0.0428. The summed E-state index contributed by atoms with van der Waals surface area (Å²) in [6.45, 7) is 7.64. The molecule has 0 N–H and O–H groups in total. The second-order valence-electron chi connectivity index (χ2n) is 9.04. The lowest BCUT2D eigenvalue weighted by molar-refractivity contribution is 0.0486. The van der Waals surface area contributed by atoms with E-state index in [0.29, 0.717) is 36.3 Å². The molecule has 0 aliphatic carbocycles. The van der Waals surface area contributed by atoms with Gasteiger partial charge in [-0.25, -0.2) is 0 Å². The number of nitrogens with zero attached hydrogens (tertiary/aromatic N) is 1. The maximum Gasteiger partial charge on any atom is 0.291 e. The zero-order valence-corrected chi connectivity index (χ0v) is 19.3. The van der Waals surface area contributed by atoms with E-state index in [1.54, 1.807) is 4.90 Å². The minimum atomic E-state index is -0.539. The van der Waals surface area contributed by atoms with E-state index in [-0.39, 0.29) is 23.2 Å². The standard InChI is InChI=1S/C27H29NO5/c1-4-10-31-19-8-5-7-18(14-19)24-23-25(29)22-17(3)12-16(2)13-21(22)33-26(23)27(30)28(24)15-20-9-6-11-32-20/h5,7-8,12-14,20,24H,4,6,9-11,15H2,1-3H3. The van der Waals surface area contributed by atoms with Gasteiger partial charge in [-0.2, -0.15) is 0 Å². The summed E-state index contributed by atoms with van der Waals surface area (Å²) in [5.74, 6) is 0.605. The van der Waals surface area contributed by atoms with E-state index in [2.05, 4.69) is 6.92 Å². The molecule has 3 aromatic rings. The molecule has 33 heavy (non-hydrogen) atoms. The van der Waals surface area contributed by atoms with Crippen LogP contribution in [0.15, 0.2) is 45.6 Å². The highest BCUT2D eigenvalue weighted by Gasteiger charge is 2.44. The van der Waals surface area contributed by atoms with Crippen molar-refractivity contribution in [3.8, 4) is 5.75 Å². The number of aryl methyl sites for hydroxylation is 2. The van der Waals surface area contributed by atoms with E-state index < -0.39 is 6.04 Å². The summed E-state index contributed by atoms with van der Waals surface area (Å²) in [4.78, 5) is 29.2. The number of carbonyl (C=O) groups is 1. The molecule has 2 atom stereocenters. The van der Waals surface area contributed by atoms with Crippen LogP contribution in [0.1, 0.15) is 65.0 Å². The Hall–Kier alpha value is -3.12. The van der Waals surface area contributed by atoms with Crippen molar-refractivity contribution in [3.63, 3.8) is 0 Å². The van der Waals surface area contributed by atoms with E-state index >= 15 is 0 Å². The maximum absolute atomic E-state index is 13.8. The Kier molecular flexibility index (Phi) is 5.71. The van der Waals surface area contributed by atoms with Gasteiger partial charge in [-0.05, 0) is 68.0 Å². The molecule has 1 aromatic heterocycles. The van der Waals surface area contributed by atoms with E-state index in [0.717, 1.165) is 41.7 Å². The fourth-order valence-electron chi connectivity index (χ4n) is 5.05. The first kappa shape index (κ1) is 21.7. The predicted octanol–water partition coefficient (Wildman–Crippen LogP) is 4.92. The van der Waals surface area contributed by atoms with Crippen LogP contribution in [0.2, 0.25) is 0 Å². The smallest absolute Gasteiger partial charge is 0.291 e. The van der Waals surface area contributed by atoms with Crippen molar-refractivity contribution in [2.45, 2.75) is 52.2 Å². The van der Waals surface area contributed by atoms with Gasteiger partial charge in [0.1, 0.15) is 11.3 Å². The van der Waals surface area contributed by atoms with Crippen LogP contribution >= 0.6 is 0 Å². The van der Waals surface area contributed by atoms with Crippen LogP contribution in [0, 0.1) is 13.8 Å². The quantitative estimate of drug-likeness (QED) is 0.536. The number of hydrogen-bond acceptors (Lipinski definition) is 5. The Bertz CT molecular complexity index is 1270. The van der Waals surface area contributed by atoms with Gasteiger partial charge in [0.15, 0.2) is 5.43 Å². The molecule has 0 radical (unpaired) electrons. The van der Waals surface area contributed by atoms with Crippen LogP contribution in [-0.2, 0) is 4.74 Å². The lowest BCUT2D eigenvalue weighted by Crippen LogP contribution is -2.36. The van der Waals surface area contributed by atoms with Gasteiger partial charge in [-0.1, -0.05) is 25.1 Å². The number of rotatable bonds is 6. The Morgan fingerprint density at radius 1 is 1.15 bits per heavy atom. The molecule has 1 saturated heterocycles. The molecule has 6 heteroatoms. The fourth-order valence-corrected chi connectivity index (χ4v) is 5.05. The highest BCUT2D eigenvalue weighted by Crippen LogP contribution is 2.40. The number of amides is 1. The van der Waals surface area contributed by atoms with Crippen molar-refractivity contribution in [1.82, 2.24) is 4.90 Å². The van der Waals surface area contributed by atoms with Gasteiger partial charge in [0, 0.05) is 13.2 Å². The van der Waals surface area contributed by atoms with Crippen LogP contribution in [0.25, 0.3) is 11.0 Å². The summed E-state index contributed by atoms with van der Waals surface area (Å²) in [5.41, 5.74) is 3.40. The lowest BCUT2D eigenvalue weighted by Gasteiger charge is -2.27. The summed E-state index contributed by atoms with van der Waals surface area (Å²) in [6, 6.07) is 10.9. The minimum Gasteiger partial charge on any atom is -0.494 e. The summed E-state index contributed by atoms with van der Waals surface area (Å²) < 4.78 is 17.8. The van der Waals surface area contributed by atoms with Crippen molar-refractivity contribution in [1.29, 1.82) is 0 Å². The zero-order chi connectivity index (χ0) is 23.1. The molecule has 0 bridgehead atoms. The van der Waals surface area contributed by atoms with E-state index in [4.69, 9.17) is 13.9 Å². The fraction of sp³-hybridized carbons (Fsp3) is 0.407. The van der Waals surface area contributed by atoms with Gasteiger partial charge in [-0.15, -0.1) is 0 Å². The molecule has 3 heterocycles. The van der Waals surface area contributed by atoms with Gasteiger partial charge in [-0.3, -0.25) is 9.59 Å². The number of fused-ring (bicyclic) bond motifs is 2. The van der Waals surface area contributed by atoms with E-state index in [1.165, 1.54) is 0 Å². The highest BCUT2D eigenvalue weighted by atomic mass is 16.5. The monoisotopic (exact) mass is 447 g/mol. The molecule has 1 amide bonds. The van der Waals surface area contributed by atoms with E-state index in [9.17, 15) is 9.59 Å². The van der Waals surface area contributed by atoms with Gasteiger partial charge in [0.25, 0.3) is 5.91 Å². The Labute approximate surface area is 193 Å². The molecular weight excluding hydrogens is 418 g/mol. The van der Waals surface area contributed by atoms with Crippen molar-refractivity contribution in [2.24, 2.45) is 0 Å². The molecule has 172 valence electrons. The van der Waals surface area contributed by atoms with Crippen molar-refractivity contribution in [3.05, 3.63) is 74.6 Å². The van der Waals surface area contributed by atoms with Crippen molar-refractivity contribution < 1.29 is 18.7 Å². The molecule has 2 unspecified atom stereocenters. The second-order valence-corrected chi connectivity index (χ2v) is 9.04. The first-order chi connectivity index (χ1) is 16.0. The Balaban J connectivity index is 1.69. The topological polar surface area (TPSA) is 69.0 Å². The number of benzene rings is 2. The van der Waals surface area contributed by atoms with Crippen LogP contribution in [0.3, 0.4) is 0 Å². The molecule has 2 aliphatic heterocycles. The van der Waals surface area contributed by atoms with Gasteiger partial charge in [0.2, 0.25) is 5.76 Å². The summed E-state index contributed by atoms with van der Waals surface area (Å²) in [6.07, 6.45) is 2.73. The second kappa shape index (κ2) is 8.67. The molecule has 5 rings (SSSR count). The average molecular weight is 448 g/mol. The molecule has 2 aliphatic rings. The molecular formula is C27H29NO5. The lowest BCUT2D eigenvalue weighted by atomic mass is 9.96. The van der Waals surface area contributed by atoms with Crippen LogP contribution < -0.4 is 10.2 Å². The summed E-state index contributed by atoms with van der Waals surface area (Å²) >= 11 is 0. The van der Waals surface area contributed by atoms with E-state index in [1.807, 2.05) is 50.2 Å². The molecule has 1 fully saturated rings. The van der Waals surface area contributed by atoms with Crippen LogP contribution in [0.4, 0.5) is 0 Å². The maximum atomic E-state index is 13.8. The summed E-state index contributed by atoms with van der Waals surface area (Å²) in [7, 11) is 0. The molecule has 0 saturated carbocycles. The SMILES string of the molecule is CCCOc1cccc(C2c3c(oc4cc(C)cc(C)c4c3=O)C(=O)N2CC2CCCO2)c1. The molecule has 0 spiro atoms. The van der Waals surface area contributed by atoms with Gasteiger partial charge >= 0.3 is 0 Å². The third kappa shape index (κ3) is 3.82. The Morgan fingerprint density at radius 3 is 2.76 bits per heavy atom. The largest absolute Gasteiger partial charge is 0.494 e. The van der Waals surface area contributed by atoms with Crippen LogP contribution in [-0.4, -0.2) is 36.7 Å². The third-order valence-electron chi connectivity index (χ3n) is 6.48. The number of carbonyl (C=O) groups excluding carboxylic acids is 1. The zero-order valence-electron chi connectivity index (χ0n) is 19.3. The van der Waals surface area contributed by atoms with Crippen molar-refractivity contribution >= 4 is 16.9 Å². The highest BCUT2D eigenvalue weighted by molar-refractivity contribution is 5.99. The first-order valence-electron chi connectivity index (χ1n) is 11.7. The Morgan fingerprint density at radius 2 is 2.00 bits per heavy atom. The summed E-state index contributed by atoms with van der Waals surface area (Å²) in [5, 5.41) is 0.537.